The van der Waals surface area contributed by atoms with Crippen LogP contribution in [-0.4, -0.2) is 21.9 Å². The van der Waals surface area contributed by atoms with Crippen LogP contribution in [0.1, 0.15) is 21.6 Å². The first-order chi connectivity index (χ1) is 11.4. The Kier molecular flexibility index (Phi) is 3.89. The number of hydrogen-bond donors (Lipinski definition) is 1. The minimum Gasteiger partial charge on any atom is -0.505 e. The van der Waals surface area contributed by atoms with Crippen LogP contribution >= 0.6 is 0 Å². The van der Waals surface area contributed by atoms with Gasteiger partial charge in [0.15, 0.2) is 11.6 Å². The lowest BCUT2D eigenvalue weighted by molar-refractivity contribution is -0.107. The van der Waals surface area contributed by atoms with Crippen molar-refractivity contribution in [3.8, 4) is 5.75 Å². The molecule has 24 heavy (non-hydrogen) atoms. The number of aromatic nitrogens is 1. The highest BCUT2D eigenvalue weighted by atomic mass is 19.1. The molecule has 3 rings (SSSR count). The normalized spacial score (nSPS) is 11.0. The fourth-order valence-electron chi connectivity index (χ4n) is 2.84. The Bertz CT molecular complexity index is 976. The number of aromatic hydroxyl groups is 1. The number of benzene rings is 2. The van der Waals surface area contributed by atoms with E-state index in [0.29, 0.717) is 22.9 Å². The smallest absolute Gasteiger partial charge is 0.262 e. The summed E-state index contributed by atoms with van der Waals surface area (Å²) in [5.41, 5.74) is 1.27. The van der Waals surface area contributed by atoms with Gasteiger partial charge >= 0.3 is 0 Å². The van der Waals surface area contributed by atoms with Gasteiger partial charge in [0, 0.05) is 29.1 Å². The van der Waals surface area contributed by atoms with Crippen molar-refractivity contribution < 1.29 is 23.5 Å². The van der Waals surface area contributed by atoms with Crippen molar-refractivity contribution in [1.29, 1.82) is 0 Å². The third kappa shape index (κ3) is 2.46. The van der Waals surface area contributed by atoms with Gasteiger partial charge in [0.05, 0.1) is 5.52 Å². The molecule has 2 aromatic carbocycles. The van der Waals surface area contributed by atoms with Crippen LogP contribution in [0.4, 0.5) is 8.78 Å². The van der Waals surface area contributed by atoms with E-state index in [-0.39, 0.29) is 17.5 Å². The van der Waals surface area contributed by atoms with Crippen molar-refractivity contribution in [3.05, 3.63) is 64.9 Å². The van der Waals surface area contributed by atoms with E-state index in [0.717, 1.165) is 12.1 Å². The minimum atomic E-state index is -0.883. The first-order valence-corrected chi connectivity index (χ1v) is 7.20. The van der Waals surface area contributed by atoms with E-state index in [1.165, 1.54) is 28.8 Å². The van der Waals surface area contributed by atoms with Gasteiger partial charge < -0.3 is 9.90 Å². The van der Waals surface area contributed by atoms with Gasteiger partial charge in [-0.2, -0.15) is 0 Å². The third-order valence-electron chi connectivity index (χ3n) is 3.97. The molecule has 1 N–H and O–H groups in total. The van der Waals surface area contributed by atoms with E-state index in [1.54, 1.807) is 6.92 Å². The number of carbonyl (C=O) groups is 2. The fraction of sp³-hybridized carbons (Fsp3) is 0.111. The molecule has 0 atom stereocenters. The van der Waals surface area contributed by atoms with E-state index in [9.17, 15) is 23.5 Å². The molecule has 0 fully saturated rings. The summed E-state index contributed by atoms with van der Waals surface area (Å²) in [4.78, 5) is 23.7. The average Bonchev–Trinajstić information content (AvgIpc) is 2.80. The number of rotatable bonds is 3. The maximum Gasteiger partial charge on any atom is 0.262 e. The average molecular weight is 329 g/mol. The number of hydrogen-bond acceptors (Lipinski definition) is 3. The molecule has 0 spiro atoms. The van der Waals surface area contributed by atoms with Gasteiger partial charge in [-0.05, 0) is 36.8 Å². The molecule has 0 bridgehead atoms. The highest BCUT2D eigenvalue weighted by molar-refractivity contribution is 6.04. The van der Waals surface area contributed by atoms with Gasteiger partial charge in [0.2, 0.25) is 0 Å². The van der Waals surface area contributed by atoms with Crippen molar-refractivity contribution in [2.75, 3.05) is 0 Å². The van der Waals surface area contributed by atoms with Crippen molar-refractivity contribution in [3.63, 3.8) is 0 Å². The summed E-state index contributed by atoms with van der Waals surface area (Å²) in [6.07, 6.45) is 0.677. The lowest BCUT2D eigenvalue weighted by atomic mass is 10.1. The number of carbonyl (C=O) groups excluding carboxylic acids is 2. The largest absolute Gasteiger partial charge is 0.505 e. The molecule has 0 unspecified atom stereocenters. The molecule has 0 amide bonds. The van der Waals surface area contributed by atoms with Crippen molar-refractivity contribution >= 4 is 23.1 Å². The molecule has 0 aliphatic rings. The monoisotopic (exact) mass is 329 g/mol. The zero-order chi connectivity index (χ0) is 17.4. The second kappa shape index (κ2) is 5.88. The summed E-state index contributed by atoms with van der Waals surface area (Å²) in [7, 11) is 0. The van der Waals surface area contributed by atoms with Crippen LogP contribution in [-0.2, 0) is 11.2 Å². The van der Waals surface area contributed by atoms with Crippen molar-refractivity contribution in [2.24, 2.45) is 0 Å². The van der Waals surface area contributed by atoms with Crippen molar-refractivity contribution in [1.82, 2.24) is 4.57 Å². The number of aldehydes is 1. The highest BCUT2D eigenvalue weighted by Gasteiger charge is 2.21. The van der Waals surface area contributed by atoms with E-state index in [1.807, 2.05) is 0 Å². The summed E-state index contributed by atoms with van der Waals surface area (Å²) in [5, 5.41) is 10.0. The summed E-state index contributed by atoms with van der Waals surface area (Å²) in [5.74, 6) is -2.55. The maximum atomic E-state index is 13.8. The number of phenols is 1. The molecule has 0 saturated heterocycles. The number of halogens is 2. The van der Waals surface area contributed by atoms with Crippen LogP contribution in [0.3, 0.4) is 0 Å². The predicted octanol–water partition coefficient (Wildman–Crippen LogP) is 3.36. The molecule has 0 radical (unpaired) electrons. The third-order valence-corrected chi connectivity index (χ3v) is 3.97. The van der Waals surface area contributed by atoms with Crippen LogP contribution < -0.4 is 0 Å². The van der Waals surface area contributed by atoms with Crippen LogP contribution in [0, 0.1) is 18.6 Å². The van der Waals surface area contributed by atoms with Gasteiger partial charge in [0.25, 0.3) is 5.91 Å². The summed E-state index contributed by atoms with van der Waals surface area (Å²) >= 11 is 0. The second-order valence-corrected chi connectivity index (χ2v) is 5.41. The molecule has 0 saturated carbocycles. The summed E-state index contributed by atoms with van der Waals surface area (Å²) in [6.45, 7) is 1.62. The first-order valence-electron chi connectivity index (χ1n) is 7.20. The number of fused-ring (bicyclic) bond motifs is 1. The van der Waals surface area contributed by atoms with Gasteiger partial charge in [-0.3, -0.25) is 9.36 Å². The molecule has 3 aromatic rings. The minimum absolute atomic E-state index is 0.0108. The van der Waals surface area contributed by atoms with Crippen LogP contribution in [0.15, 0.2) is 36.4 Å². The lowest BCUT2D eigenvalue weighted by Crippen LogP contribution is -2.14. The molecular weight excluding hydrogens is 316 g/mol. The zero-order valence-electron chi connectivity index (χ0n) is 12.7. The van der Waals surface area contributed by atoms with Crippen molar-refractivity contribution in [2.45, 2.75) is 13.3 Å². The Labute approximate surface area is 135 Å². The molecule has 6 heteroatoms. The van der Waals surface area contributed by atoms with E-state index in [4.69, 9.17) is 0 Å². The van der Waals surface area contributed by atoms with Gasteiger partial charge in [-0.25, -0.2) is 8.78 Å². The van der Waals surface area contributed by atoms with Crippen LogP contribution in [0.2, 0.25) is 0 Å². The molecular formula is C18H13F2NO3. The maximum absolute atomic E-state index is 13.8. The molecule has 4 nitrogen and oxygen atoms in total. The SMILES string of the molecule is Cc1c(CC=O)c2cc(O)c(F)cc2n1C(=O)c1cccc(F)c1. The quantitative estimate of drug-likeness (QED) is 0.750. The first kappa shape index (κ1) is 15.9. The predicted molar refractivity (Wildman–Crippen MR) is 84.2 cm³/mol. The number of nitrogens with zero attached hydrogens (tertiary/aromatic N) is 1. The van der Waals surface area contributed by atoms with Gasteiger partial charge in [-0.1, -0.05) is 6.07 Å². The Hall–Kier alpha value is -3.02. The lowest BCUT2D eigenvalue weighted by Gasteiger charge is -2.08. The Balaban J connectivity index is 2.31. The zero-order valence-corrected chi connectivity index (χ0v) is 12.7. The van der Waals surface area contributed by atoms with E-state index < -0.39 is 23.3 Å². The molecule has 1 heterocycles. The standard InChI is InChI=1S/C18H13F2NO3/c1-10-13(5-6-22)14-8-17(23)15(20)9-16(14)21(10)18(24)11-3-2-4-12(19)7-11/h2-4,6-9,23H,5H2,1H3. The topological polar surface area (TPSA) is 59.3 Å². The Morgan fingerprint density at radius 1 is 1.25 bits per heavy atom. The fourth-order valence-corrected chi connectivity index (χ4v) is 2.84. The highest BCUT2D eigenvalue weighted by Crippen LogP contribution is 2.31. The second-order valence-electron chi connectivity index (χ2n) is 5.41. The van der Waals surface area contributed by atoms with E-state index >= 15 is 0 Å². The molecule has 0 aliphatic heterocycles. The molecule has 122 valence electrons. The van der Waals surface area contributed by atoms with Gasteiger partial charge in [0.1, 0.15) is 12.1 Å². The molecule has 0 aliphatic carbocycles. The number of phenolic OH excluding ortho intramolecular Hbond substituents is 1. The van der Waals surface area contributed by atoms with Crippen LogP contribution in [0.25, 0.3) is 10.9 Å². The Morgan fingerprint density at radius 2 is 2.00 bits per heavy atom. The summed E-state index contributed by atoms with van der Waals surface area (Å²) in [6, 6.07) is 7.38. The van der Waals surface area contributed by atoms with E-state index in [2.05, 4.69) is 0 Å². The van der Waals surface area contributed by atoms with Gasteiger partial charge in [-0.15, -0.1) is 0 Å². The van der Waals surface area contributed by atoms with Crippen LogP contribution in [0.5, 0.6) is 5.75 Å². The Morgan fingerprint density at radius 3 is 2.67 bits per heavy atom. The molecule has 1 aromatic heterocycles. The summed E-state index contributed by atoms with van der Waals surface area (Å²) < 4.78 is 28.4.